The second-order valence-electron chi connectivity index (χ2n) is 4.84. The van der Waals surface area contributed by atoms with Gasteiger partial charge in [0.05, 0.1) is 0 Å². The second kappa shape index (κ2) is 7.46. The Morgan fingerprint density at radius 2 is 1.88 bits per heavy atom. The van der Waals surface area contributed by atoms with Gasteiger partial charge in [0.15, 0.2) is 0 Å². The molecule has 0 bridgehead atoms. The summed E-state index contributed by atoms with van der Waals surface area (Å²) in [5.41, 5.74) is 7.32. The molecule has 2 unspecified atom stereocenters. The average molecular weight is 234 g/mol. The average Bonchev–Trinajstić information content (AvgIpc) is 2.38. The van der Waals surface area contributed by atoms with E-state index in [9.17, 15) is 0 Å². The molecule has 2 N–H and O–H groups in total. The van der Waals surface area contributed by atoms with Crippen LogP contribution in [0.5, 0.6) is 0 Å². The quantitative estimate of drug-likeness (QED) is 0.786. The van der Waals surface area contributed by atoms with Gasteiger partial charge in [-0.1, -0.05) is 50.6 Å². The van der Waals surface area contributed by atoms with Crippen LogP contribution in [0.1, 0.15) is 38.2 Å². The third-order valence-electron chi connectivity index (χ3n) is 3.57. The lowest BCUT2D eigenvalue weighted by Gasteiger charge is -2.32. The standard InChI is InChI=1S/C15H26N2/c1-4-5-11-17(3)15(12-16)13(2)14-9-7-6-8-10-14/h6-10,13,15H,4-5,11-12,16H2,1-3H3. The molecule has 1 rings (SSSR count). The van der Waals surface area contributed by atoms with Crippen LogP contribution in [-0.2, 0) is 0 Å². The molecule has 0 aliphatic carbocycles. The lowest BCUT2D eigenvalue weighted by Crippen LogP contribution is -2.42. The van der Waals surface area contributed by atoms with Gasteiger partial charge in [-0.15, -0.1) is 0 Å². The van der Waals surface area contributed by atoms with Crippen LogP contribution < -0.4 is 5.73 Å². The van der Waals surface area contributed by atoms with Crippen molar-refractivity contribution in [2.75, 3.05) is 20.1 Å². The van der Waals surface area contributed by atoms with E-state index in [-0.39, 0.29) is 0 Å². The third kappa shape index (κ3) is 4.14. The molecule has 0 fully saturated rings. The van der Waals surface area contributed by atoms with E-state index >= 15 is 0 Å². The highest BCUT2D eigenvalue weighted by Crippen LogP contribution is 2.21. The van der Waals surface area contributed by atoms with Crippen molar-refractivity contribution in [1.29, 1.82) is 0 Å². The van der Waals surface area contributed by atoms with Crippen molar-refractivity contribution in [3.63, 3.8) is 0 Å². The van der Waals surface area contributed by atoms with E-state index in [4.69, 9.17) is 5.73 Å². The number of nitrogens with two attached hydrogens (primary N) is 1. The summed E-state index contributed by atoms with van der Waals surface area (Å²) in [4.78, 5) is 2.40. The summed E-state index contributed by atoms with van der Waals surface area (Å²) >= 11 is 0. The van der Waals surface area contributed by atoms with Crippen LogP contribution in [0.15, 0.2) is 30.3 Å². The fourth-order valence-electron chi connectivity index (χ4n) is 2.32. The minimum Gasteiger partial charge on any atom is -0.329 e. The van der Waals surface area contributed by atoms with E-state index < -0.39 is 0 Å². The lowest BCUT2D eigenvalue weighted by atomic mass is 9.92. The minimum atomic E-state index is 0.434. The van der Waals surface area contributed by atoms with Crippen LogP contribution in [0.25, 0.3) is 0 Å². The lowest BCUT2D eigenvalue weighted by molar-refractivity contribution is 0.218. The van der Waals surface area contributed by atoms with Crippen molar-refractivity contribution < 1.29 is 0 Å². The maximum atomic E-state index is 5.94. The highest BCUT2D eigenvalue weighted by molar-refractivity contribution is 5.20. The Morgan fingerprint density at radius 3 is 2.41 bits per heavy atom. The van der Waals surface area contributed by atoms with Crippen molar-refractivity contribution in [3.8, 4) is 0 Å². The van der Waals surface area contributed by atoms with E-state index in [0.717, 1.165) is 13.1 Å². The summed E-state index contributed by atoms with van der Waals surface area (Å²) < 4.78 is 0. The van der Waals surface area contributed by atoms with E-state index in [1.54, 1.807) is 0 Å². The smallest absolute Gasteiger partial charge is 0.0281 e. The summed E-state index contributed by atoms with van der Waals surface area (Å²) in [6.07, 6.45) is 2.48. The third-order valence-corrected chi connectivity index (χ3v) is 3.57. The van der Waals surface area contributed by atoms with Crippen LogP contribution in [0.3, 0.4) is 0 Å². The molecule has 2 nitrogen and oxygen atoms in total. The van der Waals surface area contributed by atoms with Gasteiger partial charge < -0.3 is 10.6 Å². The van der Waals surface area contributed by atoms with Crippen LogP contribution in [0, 0.1) is 0 Å². The van der Waals surface area contributed by atoms with Gasteiger partial charge in [-0.25, -0.2) is 0 Å². The first-order valence-corrected chi connectivity index (χ1v) is 6.66. The SMILES string of the molecule is CCCCN(C)C(CN)C(C)c1ccccc1. The number of hydrogen-bond donors (Lipinski definition) is 1. The fourth-order valence-corrected chi connectivity index (χ4v) is 2.32. The van der Waals surface area contributed by atoms with Gasteiger partial charge in [0, 0.05) is 12.6 Å². The zero-order valence-electron chi connectivity index (χ0n) is 11.4. The van der Waals surface area contributed by atoms with Crippen molar-refractivity contribution >= 4 is 0 Å². The molecule has 0 aliphatic heterocycles. The van der Waals surface area contributed by atoms with Gasteiger partial charge >= 0.3 is 0 Å². The van der Waals surface area contributed by atoms with Gasteiger partial charge in [-0.05, 0) is 31.5 Å². The summed E-state index contributed by atoms with van der Waals surface area (Å²) in [5, 5.41) is 0. The summed E-state index contributed by atoms with van der Waals surface area (Å²) in [5.74, 6) is 0.489. The van der Waals surface area contributed by atoms with Crippen LogP contribution in [0.2, 0.25) is 0 Å². The van der Waals surface area contributed by atoms with Gasteiger partial charge in [0.1, 0.15) is 0 Å². The molecule has 96 valence electrons. The highest BCUT2D eigenvalue weighted by Gasteiger charge is 2.21. The number of nitrogens with zero attached hydrogens (tertiary/aromatic N) is 1. The van der Waals surface area contributed by atoms with Gasteiger partial charge in [-0.2, -0.15) is 0 Å². The number of unbranched alkanes of at least 4 members (excludes halogenated alkanes) is 1. The molecular formula is C15H26N2. The summed E-state index contributed by atoms with van der Waals surface area (Å²) in [6.45, 7) is 6.35. The van der Waals surface area contributed by atoms with Crippen LogP contribution >= 0.6 is 0 Å². The molecule has 0 aliphatic rings. The molecule has 0 amide bonds. The molecule has 1 aromatic carbocycles. The number of hydrogen-bond acceptors (Lipinski definition) is 2. The van der Waals surface area contributed by atoms with Crippen molar-refractivity contribution in [3.05, 3.63) is 35.9 Å². The molecule has 0 radical (unpaired) electrons. The first-order chi connectivity index (χ1) is 8.20. The molecule has 2 heteroatoms. The predicted molar refractivity (Wildman–Crippen MR) is 75.2 cm³/mol. The van der Waals surface area contributed by atoms with Crippen molar-refractivity contribution in [1.82, 2.24) is 4.90 Å². The molecule has 0 spiro atoms. The van der Waals surface area contributed by atoms with Crippen LogP contribution in [0.4, 0.5) is 0 Å². The highest BCUT2D eigenvalue weighted by atomic mass is 15.1. The Balaban J connectivity index is 2.66. The van der Waals surface area contributed by atoms with E-state index in [2.05, 4.69) is 56.1 Å². The molecule has 17 heavy (non-hydrogen) atoms. The molecular weight excluding hydrogens is 208 g/mol. The van der Waals surface area contributed by atoms with E-state index in [0.29, 0.717) is 12.0 Å². The Labute approximate surface area is 106 Å². The monoisotopic (exact) mass is 234 g/mol. The van der Waals surface area contributed by atoms with Crippen molar-refractivity contribution in [2.45, 2.75) is 38.6 Å². The van der Waals surface area contributed by atoms with Crippen molar-refractivity contribution in [2.24, 2.45) is 5.73 Å². The Hall–Kier alpha value is -0.860. The molecule has 1 aromatic rings. The van der Waals surface area contributed by atoms with Crippen LogP contribution in [-0.4, -0.2) is 31.1 Å². The van der Waals surface area contributed by atoms with E-state index in [1.165, 1.54) is 18.4 Å². The second-order valence-corrected chi connectivity index (χ2v) is 4.84. The zero-order valence-corrected chi connectivity index (χ0v) is 11.4. The normalized spacial score (nSPS) is 14.9. The van der Waals surface area contributed by atoms with E-state index in [1.807, 2.05) is 0 Å². The first kappa shape index (κ1) is 14.2. The molecule has 0 saturated carbocycles. The number of rotatable bonds is 7. The topological polar surface area (TPSA) is 29.3 Å². The largest absolute Gasteiger partial charge is 0.329 e. The molecule has 0 saturated heterocycles. The number of likely N-dealkylation sites (N-methyl/N-ethyl adjacent to an activating group) is 1. The Kier molecular flexibility index (Phi) is 6.23. The Morgan fingerprint density at radius 1 is 1.24 bits per heavy atom. The van der Waals surface area contributed by atoms with Gasteiger partial charge in [0.2, 0.25) is 0 Å². The summed E-state index contributed by atoms with van der Waals surface area (Å²) in [6, 6.07) is 11.1. The van der Waals surface area contributed by atoms with Gasteiger partial charge in [0.25, 0.3) is 0 Å². The zero-order chi connectivity index (χ0) is 12.7. The first-order valence-electron chi connectivity index (χ1n) is 6.66. The molecule has 2 atom stereocenters. The Bertz CT molecular complexity index is 297. The maximum absolute atomic E-state index is 5.94. The number of benzene rings is 1. The minimum absolute atomic E-state index is 0.434. The summed E-state index contributed by atoms with van der Waals surface area (Å²) in [7, 11) is 2.19. The molecule has 0 aromatic heterocycles. The fraction of sp³-hybridized carbons (Fsp3) is 0.600. The molecule has 0 heterocycles. The van der Waals surface area contributed by atoms with Gasteiger partial charge in [-0.3, -0.25) is 0 Å². The predicted octanol–water partition coefficient (Wildman–Crippen LogP) is 2.85. The maximum Gasteiger partial charge on any atom is 0.0281 e.